The third kappa shape index (κ3) is 6.84. The Labute approximate surface area is 207 Å². The van der Waals surface area contributed by atoms with Crippen LogP contribution in [0.2, 0.25) is 0 Å². The van der Waals surface area contributed by atoms with E-state index < -0.39 is 35.6 Å². The molecule has 0 saturated carbocycles. The molecule has 0 bridgehead atoms. The maximum absolute atomic E-state index is 13.0. The average Bonchev–Trinajstić information content (AvgIpc) is 2.85. The normalized spacial score (nSPS) is 12.6. The minimum atomic E-state index is -1.15. The van der Waals surface area contributed by atoms with Crippen molar-refractivity contribution in [1.82, 2.24) is 10.6 Å². The highest BCUT2D eigenvalue weighted by Crippen LogP contribution is 2.23. The highest BCUT2D eigenvalue weighted by Gasteiger charge is 2.29. The maximum atomic E-state index is 13.0. The average molecular weight is 496 g/mol. The highest BCUT2D eigenvalue weighted by molar-refractivity contribution is 5.91. The number of carbonyl (C=O) groups excluding carboxylic acids is 3. The Morgan fingerprint density at radius 3 is 2.39 bits per heavy atom. The van der Waals surface area contributed by atoms with Crippen molar-refractivity contribution in [2.45, 2.75) is 39.0 Å². The van der Waals surface area contributed by atoms with Gasteiger partial charge in [0.1, 0.15) is 30.0 Å². The summed E-state index contributed by atoms with van der Waals surface area (Å²) in [6.07, 6.45) is -0.831. The fraction of sp³-hybridized carbons (Fsp3) is 0.308. The Kier molecular flexibility index (Phi) is 8.66. The van der Waals surface area contributed by atoms with Crippen LogP contribution in [-0.2, 0) is 27.4 Å². The van der Waals surface area contributed by atoms with Gasteiger partial charge in [-0.25, -0.2) is 9.59 Å². The number of primary amides is 1. The molecule has 0 saturated heterocycles. The van der Waals surface area contributed by atoms with Crippen molar-refractivity contribution < 1.29 is 28.3 Å². The van der Waals surface area contributed by atoms with Gasteiger partial charge in [-0.2, -0.15) is 0 Å². The number of methoxy groups -OCH3 is 1. The zero-order valence-electron chi connectivity index (χ0n) is 20.3. The van der Waals surface area contributed by atoms with Gasteiger partial charge in [-0.05, 0) is 29.2 Å². The molecule has 0 aliphatic rings. The van der Waals surface area contributed by atoms with Gasteiger partial charge in [-0.15, -0.1) is 0 Å². The molecule has 190 valence electrons. The molecular formula is C26H29N3O7. The zero-order chi connectivity index (χ0) is 26.2. The number of nitrogens with one attached hydrogen (secondary N) is 2. The van der Waals surface area contributed by atoms with E-state index in [-0.39, 0.29) is 24.5 Å². The van der Waals surface area contributed by atoms with Crippen LogP contribution >= 0.6 is 0 Å². The molecule has 10 heteroatoms. The molecule has 0 fully saturated rings. The molecule has 4 N–H and O–H groups in total. The first kappa shape index (κ1) is 26.3. The maximum Gasteiger partial charge on any atom is 0.408 e. The van der Waals surface area contributed by atoms with Crippen LogP contribution < -0.4 is 26.7 Å². The second-order valence-electron chi connectivity index (χ2n) is 8.55. The second kappa shape index (κ2) is 11.9. The number of carbonyl (C=O) groups is 3. The predicted molar refractivity (Wildman–Crippen MR) is 132 cm³/mol. The summed E-state index contributed by atoms with van der Waals surface area (Å²) in [5.74, 6) is -1.24. The van der Waals surface area contributed by atoms with Crippen LogP contribution in [0, 0.1) is 5.92 Å². The van der Waals surface area contributed by atoms with E-state index in [0.29, 0.717) is 16.7 Å². The lowest BCUT2D eigenvalue weighted by Crippen LogP contribution is -2.55. The molecular weight excluding hydrogens is 466 g/mol. The number of fused-ring (bicyclic) bond motifs is 1. The minimum Gasteiger partial charge on any atom is -0.497 e. The molecule has 1 aromatic heterocycles. The van der Waals surface area contributed by atoms with E-state index in [1.54, 1.807) is 44.2 Å². The summed E-state index contributed by atoms with van der Waals surface area (Å²) in [5, 5.41) is 5.70. The van der Waals surface area contributed by atoms with Crippen molar-refractivity contribution in [2.24, 2.45) is 11.7 Å². The molecule has 0 aliphatic heterocycles. The molecule has 2 atom stereocenters. The summed E-state index contributed by atoms with van der Waals surface area (Å²) in [4.78, 5) is 49.6. The Bertz CT molecular complexity index is 1290. The van der Waals surface area contributed by atoms with Crippen molar-refractivity contribution >= 4 is 28.9 Å². The number of rotatable bonds is 10. The lowest BCUT2D eigenvalue weighted by Gasteiger charge is -2.24. The summed E-state index contributed by atoms with van der Waals surface area (Å²) >= 11 is 0. The molecule has 3 rings (SSSR count). The lowest BCUT2D eigenvalue weighted by molar-refractivity contribution is -0.129. The van der Waals surface area contributed by atoms with Gasteiger partial charge in [-0.1, -0.05) is 44.2 Å². The highest BCUT2D eigenvalue weighted by atomic mass is 16.5. The van der Waals surface area contributed by atoms with Crippen LogP contribution in [0.15, 0.2) is 63.8 Å². The summed E-state index contributed by atoms with van der Waals surface area (Å²) < 4.78 is 15.6. The molecule has 0 radical (unpaired) electrons. The Morgan fingerprint density at radius 1 is 1.03 bits per heavy atom. The van der Waals surface area contributed by atoms with E-state index in [2.05, 4.69) is 10.6 Å². The molecule has 0 aliphatic carbocycles. The molecule has 2 aromatic carbocycles. The molecule has 0 unspecified atom stereocenters. The van der Waals surface area contributed by atoms with Gasteiger partial charge in [-0.3, -0.25) is 9.59 Å². The first-order valence-corrected chi connectivity index (χ1v) is 11.4. The van der Waals surface area contributed by atoms with Crippen LogP contribution in [0.5, 0.6) is 5.75 Å². The Hall–Kier alpha value is -4.34. The third-order valence-corrected chi connectivity index (χ3v) is 5.56. The number of ether oxygens (including phenoxy) is 2. The van der Waals surface area contributed by atoms with Crippen LogP contribution in [0.4, 0.5) is 4.79 Å². The van der Waals surface area contributed by atoms with Gasteiger partial charge in [0.15, 0.2) is 0 Å². The van der Waals surface area contributed by atoms with E-state index in [9.17, 15) is 19.2 Å². The summed E-state index contributed by atoms with van der Waals surface area (Å²) in [5.41, 5.74) is 6.47. The van der Waals surface area contributed by atoms with Crippen LogP contribution in [0.25, 0.3) is 11.0 Å². The monoisotopic (exact) mass is 495 g/mol. The predicted octanol–water partition coefficient (Wildman–Crippen LogP) is 2.27. The minimum absolute atomic E-state index is 0.0392. The fourth-order valence-electron chi connectivity index (χ4n) is 3.64. The van der Waals surface area contributed by atoms with Crippen molar-refractivity contribution in [3.05, 3.63) is 76.1 Å². The second-order valence-corrected chi connectivity index (χ2v) is 8.55. The SMILES string of the molecule is COc1ccc2c(C[C@@H](NC(=O)[C@@H](NC(=O)OCc3ccccc3)C(C)C)C(N)=O)cc(=O)oc2c1. The van der Waals surface area contributed by atoms with Gasteiger partial charge in [0.25, 0.3) is 0 Å². The summed E-state index contributed by atoms with van der Waals surface area (Å²) in [6, 6.07) is 13.1. The van der Waals surface area contributed by atoms with Crippen molar-refractivity contribution in [3.63, 3.8) is 0 Å². The number of benzene rings is 2. The summed E-state index contributed by atoms with van der Waals surface area (Å²) in [6.45, 7) is 3.52. The van der Waals surface area contributed by atoms with Crippen LogP contribution in [0.3, 0.4) is 0 Å². The number of hydrogen-bond acceptors (Lipinski definition) is 7. The van der Waals surface area contributed by atoms with E-state index in [1.165, 1.54) is 13.2 Å². The van der Waals surface area contributed by atoms with Crippen molar-refractivity contribution in [1.29, 1.82) is 0 Å². The lowest BCUT2D eigenvalue weighted by atomic mass is 9.99. The van der Waals surface area contributed by atoms with Gasteiger partial charge in [0.05, 0.1) is 7.11 Å². The molecule has 1 heterocycles. The first-order valence-electron chi connectivity index (χ1n) is 11.4. The van der Waals surface area contributed by atoms with Gasteiger partial charge in [0.2, 0.25) is 11.8 Å². The largest absolute Gasteiger partial charge is 0.497 e. The van der Waals surface area contributed by atoms with E-state index in [1.807, 2.05) is 18.2 Å². The molecule has 0 spiro atoms. The number of alkyl carbamates (subject to hydrolysis) is 1. The Balaban J connectivity index is 1.73. The van der Waals surface area contributed by atoms with E-state index >= 15 is 0 Å². The first-order chi connectivity index (χ1) is 17.2. The number of hydrogen-bond donors (Lipinski definition) is 3. The Morgan fingerprint density at radius 2 is 1.75 bits per heavy atom. The molecule has 36 heavy (non-hydrogen) atoms. The van der Waals surface area contributed by atoms with Gasteiger partial charge >= 0.3 is 11.7 Å². The quantitative estimate of drug-likeness (QED) is 0.365. The topological polar surface area (TPSA) is 150 Å². The summed E-state index contributed by atoms with van der Waals surface area (Å²) in [7, 11) is 1.48. The van der Waals surface area contributed by atoms with Crippen LogP contribution in [0.1, 0.15) is 25.0 Å². The molecule has 10 nitrogen and oxygen atoms in total. The van der Waals surface area contributed by atoms with Gasteiger partial charge in [0, 0.05) is 23.9 Å². The standard InChI is InChI=1S/C26H29N3O7/c1-15(2)23(29-26(33)35-14-16-7-5-4-6-8-16)25(32)28-20(24(27)31)11-17-12-22(30)36-21-13-18(34-3)9-10-19(17)21/h4-10,12-13,15,20,23H,11,14H2,1-3H3,(H2,27,31)(H,28,32)(H,29,33)/t20-,23+/m1/s1. The van der Waals surface area contributed by atoms with Gasteiger partial charge < -0.3 is 30.3 Å². The smallest absolute Gasteiger partial charge is 0.408 e. The van der Waals surface area contributed by atoms with E-state index in [0.717, 1.165) is 5.56 Å². The number of nitrogens with two attached hydrogens (primary N) is 1. The van der Waals surface area contributed by atoms with Crippen molar-refractivity contribution in [3.8, 4) is 5.75 Å². The van der Waals surface area contributed by atoms with Crippen molar-refractivity contribution in [2.75, 3.05) is 7.11 Å². The molecule has 3 amide bonds. The van der Waals surface area contributed by atoms with Crippen LogP contribution in [-0.4, -0.2) is 37.1 Å². The fourth-order valence-corrected chi connectivity index (χ4v) is 3.64. The zero-order valence-corrected chi connectivity index (χ0v) is 20.3. The third-order valence-electron chi connectivity index (χ3n) is 5.56. The molecule has 3 aromatic rings. The van der Waals surface area contributed by atoms with E-state index in [4.69, 9.17) is 19.6 Å². The number of amides is 3.